The van der Waals surface area contributed by atoms with Crippen LogP contribution in [-0.4, -0.2) is 16.3 Å². The molecule has 1 aromatic carbocycles. The zero-order valence-corrected chi connectivity index (χ0v) is 16.6. The lowest BCUT2D eigenvalue weighted by atomic mass is 9.71. The molecule has 132 valence electrons. The molecule has 1 nitrogen and oxygen atoms in total. The average Bonchev–Trinajstić information content (AvgIpc) is 2.77. The predicted octanol–water partition coefficient (Wildman–Crippen LogP) is 6.66. The van der Waals surface area contributed by atoms with Gasteiger partial charge in [-0.25, -0.2) is 0 Å². The first kappa shape index (κ1) is 17.7. The van der Waals surface area contributed by atoms with E-state index < -0.39 is 0 Å². The van der Waals surface area contributed by atoms with Gasteiger partial charge in [0.05, 0.1) is 5.69 Å². The molecule has 0 radical (unpaired) electrons. The Labute approximate surface area is 149 Å². The van der Waals surface area contributed by atoms with Gasteiger partial charge in [0.2, 0.25) is 0 Å². The molecule has 0 amide bonds. The number of hydrogen-bond acceptors (Lipinski definition) is 0. The van der Waals surface area contributed by atoms with Crippen LogP contribution in [0.15, 0.2) is 18.2 Å². The summed E-state index contributed by atoms with van der Waals surface area (Å²) in [5, 5.41) is 0. The van der Waals surface area contributed by atoms with Gasteiger partial charge in [0, 0.05) is 12.6 Å². The molecule has 3 rings (SSSR count). The third kappa shape index (κ3) is 3.07. The topological polar surface area (TPSA) is 3.01 Å². The Morgan fingerprint density at radius 1 is 0.917 bits per heavy atom. The molecule has 0 unspecified atom stereocenters. The van der Waals surface area contributed by atoms with Crippen LogP contribution in [0.5, 0.6) is 0 Å². The molecule has 1 aliphatic carbocycles. The van der Waals surface area contributed by atoms with E-state index >= 15 is 0 Å². The highest BCUT2D eigenvalue weighted by Crippen LogP contribution is 2.49. The Hall–Kier alpha value is -1.11. The second-order valence-electron chi connectivity index (χ2n) is 9.37. The zero-order valence-electron chi connectivity index (χ0n) is 16.6. The van der Waals surface area contributed by atoms with Crippen LogP contribution in [0, 0.1) is 5.41 Å². The molecule has 0 bridgehead atoms. The van der Waals surface area contributed by atoms with Gasteiger partial charge in [0.15, 0.2) is 0 Å². The Balaban J connectivity index is 2.17. The van der Waals surface area contributed by atoms with Crippen molar-refractivity contribution < 1.29 is 4.58 Å². The number of rotatable bonds is 3. The van der Waals surface area contributed by atoms with Gasteiger partial charge in [-0.05, 0) is 31.1 Å². The molecule has 0 N–H and O–H groups in total. The van der Waals surface area contributed by atoms with E-state index in [1.807, 2.05) is 0 Å². The monoisotopic (exact) mass is 325 g/mol. The Morgan fingerprint density at radius 3 is 1.96 bits per heavy atom. The van der Waals surface area contributed by atoms with Gasteiger partial charge in [0.1, 0.15) is 5.54 Å². The maximum atomic E-state index is 4.04. The van der Waals surface area contributed by atoms with Crippen molar-refractivity contribution in [2.75, 3.05) is 0 Å². The second kappa shape index (κ2) is 6.32. The minimum atomic E-state index is 0.159. The average molecular weight is 326 g/mol. The summed E-state index contributed by atoms with van der Waals surface area (Å²) in [4.78, 5) is 0. The summed E-state index contributed by atoms with van der Waals surface area (Å²) in [5.74, 6) is 1.08. The van der Waals surface area contributed by atoms with Crippen LogP contribution in [0.4, 0.5) is 5.69 Å². The highest BCUT2D eigenvalue weighted by atomic mass is 15.1. The summed E-state index contributed by atoms with van der Waals surface area (Å²) in [6, 6.07) is 6.90. The Bertz CT molecular complexity index is 601. The van der Waals surface area contributed by atoms with Gasteiger partial charge in [-0.15, -0.1) is 0 Å². The van der Waals surface area contributed by atoms with Crippen molar-refractivity contribution in [2.45, 2.75) is 97.4 Å². The first-order chi connectivity index (χ1) is 11.3. The van der Waals surface area contributed by atoms with Crippen LogP contribution in [0.25, 0.3) is 0 Å². The summed E-state index contributed by atoms with van der Waals surface area (Å²) >= 11 is 0. The van der Waals surface area contributed by atoms with Crippen LogP contribution >= 0.6 is 0 Å². The fraction of sp³-hybridized carbons (Fsp3) is 0.696. The van der Waals surface area contributed by atoms with E-state index in [1.165, 1.54) is 55.3 Å². The SMILES string of the molecule is CC(C)c1cccc(C(C)C)c1[N+]1=[C-]C2(CCCCC2)CC1(C)C. The van der Waals surface area contributed by atoms with Gasteiger partial charge < -0.3 is 4.58 Å². The van der Waals surface area contributed by atoms with Crippen molar-refractivity contribution in [3.05, 3.63) is 29.3 Å². The quantitative estimate of drug-likeness (QED) is 0.432. The molecule has 0 saturated heterocycles. The van der Waals surface area contributed by atoms with E-state index in [0.717, 1.165) is 0 Å². The lowest BCUT2D eigenvalue weighted by Gasteiger charge is -2.33. The van der Waals surface area contributed by atoms with E-state index in [0.29, 0.717) is 17.3 Å². The first-order valence-electron chi connectivity index (χ1n) is 9.97. The number of nitrogens with zero attached hydrogens (tertiary/aromatic N) is 1. The molecule has 0 atom stereocenters. The van der Waals surface area contributed by atoms with Crippen molar-refractivity contribution in [3.63, 3.8) is 0 Å². The molecule has 1 spiro atoms. The van der Waals surface area contributed by atoms with Gasteiger partial charge in [-0.1, -0.05) is 89.1 Å². The molecule has 24 heavy (non-hydrogen) atoms. The molecule has 1 aliphatic heterocycles. The minimum absolute atomic E-state index is 0.159. The number of hydrogen-bond donors (Lipinski definition) is 0. The van der Waals surface area contributed by atoms with E-state index in [1.54, 1.807) is 0 Å². The Kier molecular flexibility index (Phi) is 4.66. The van der Waals surface area contributed by atoms with Gasteiger partial charge >= 0.3 is 0 Å². The number of para-hydroxylation sites is 1. The van der Waals surface area contributed by atoms with Crippen LogP contribution in [-0.2, 0) is 0 Å². The molecule has 1 heterocycles. The van der Waals surface area contributed by atoms with Gasteiger partial charge in [-0.3, -0.25) is 0 Å². The fourth-order valence-electron chi connectivity index (χ4n) is 4.98. The molecule has 1 heteroatoms. The van der Waals surface area contributed by atoms with Crippen LogP contribution in [0.3, 0.4) is 0 Å². The molecule has 2 aliphatic rings. The normalized spacial score (nSPS) is 22.4. The van der Waals surface area contributed by atoms with E-state index in [-0.39, 0.29) is 5.54 Å². The second-order valence-corrected chi connectivity index (χ2v) is 9.37. The fourth-order valence-corrected chi connectivity index (χ4v) is 4.98. The summed E-state index contributed by atoms with van der Waals surface area (Å²) in [7, 11) is 0. The lowest BCUT2D eigenvalue weighted by molar-refractivity contribution is -0.513. The standard InChI is InChI=1S/C23H35N/c1-17(2)19-11-10-12-20(18(3)4)21(19)24-16-23(15-22(24,5)6)13-8-7-9-14-23/h10-12,17-18H,7-9,13-15H2,1-6H3. The highest BCUT2D eigenvalue weighted by Gasteiger charge is 2.46. The molecule has 1 aromatic rings. The van der Waals surface area contributed by atoms with Crippen molar-refractivity contribution in [3.8, 4) is 0 Å². The first-order valence-corrected chi connectivity index (χ1v) is 9.97. The predicted molar refractivity (Wildman–Crippen MR) is 104 cm³/mol. The highest BCUT2D eigenvalue weighted by molar-refractivity contribution is 5.67. The minimum Gasteiger partial charge on any atom is -0.359 e. The maximum Gasteiger partial charge on any atom is 0.129 e. The van der Waals surface area contributed by atoms with Crippen LogP contribution in [0.2, 0.25) is 0 Å². The van der Waals surface area contributed by atoms with E-state index in [4.69, 9.17) is 0 Å². The van der Waals surface area contributed by atoms with Crippen molar-refractivity contribution >= 4 is 11.9 Å². The summed E-state index contributed by atoms with van der Waals surface area (Å²) < 4.78 is 2.56. The smallest absolute Gasteiger partial charge is 0.129 e. The summed E-state index contributed by atoms with van der Waals surface area (Å²) in [5.41, 5.74) is 4.89. The largest absolute Gasteiger partial charge is 0.359 e. The Morgan fingerprint density at radius 2 is 1.46 bits per heavy atom. The molecular weight excluding hydrogens is 290 g/mol. The van der Waals surface area contributed by atoms with Crippen molar-refractivity contribution in [1.82, 2.24) is 0 Å². The molecule has 0 aromatic heterocycles. The van der Waals surface area contributed by atoms with Gasteiger partial charge in [0.25, 0.3) is 0 Å². The van der Waals surface area contributed by atoms with Crippen LogP contribution in [0.1, 0.15) is 103 Å². The lowest BCUT2D eigenvalue weighted by Crippen LogP contribution is -2.31. The zero-order chi connectivity index (χ0) is 17.5. The van der Waals surface area contributed by atoms with E-state index in [2.05, 4.69) is 70.5 Å². The molecular formula is C23H35N. The van der Waals surface area contributed by atoms with Gasteiger partial charge in [-0.2, -0.15) is 0 Å². The maximum absolute atomic E-state index is 4.04. The summed E-state index contributed by atoms with van der Waals surface area (Å²) in [6.45, 7) is 14.1. The third-order valence-electron chi connectivity index (χ3n) is 6.10. The van der Waals surface area contributed by atoms with Crippen molar-refractivity contribution in [2.24, 2.45) is 5.41 Å². The van der Waals surface area contributed by atoms with Crippen molar-refractivity contribution in [1.29, 1.82) is 0 Å². The molecule has 1 saturated carbocycles. The summed E-state index contributed by atoms with van der Waals surface area (Å²) in [6.07, 6.45) is 12.1. The number of benzene rings is 1. The van der Waals surface area contributed by atoms with E-state index in [9.17, 15) is 0 Å². The molecule has 1 fully saturated rings. The van der Waals surface area contributed by atoms with Crippen LogP contribution < -0.4 is 0 Å². The third-order valence-corrected chi connectivity index (χ3v) is 6.10.